The van der Waals surface area contributed by atoms with Crippen molar-refractivity contribution in [3.8, 4) is 11.5 Å². The predicted molar refractivity (Wildman–Crippen MR) is 126 cm³/mol. The lowest BCUT2D eigenvalue weighted by Crippen LogP contribution is -2.27. The first kappa shape index (κ1) is 21.6. The predicted octanol–water partition coefficient (Wildman–Crippen LogP) is 5.73. The van der Waals surface area contributed by atoms with E-state index in [0.29, 0.717) is 33.9 Å². The number of carbonyl (C=O) groups is 1. The summed E-state index contributed by atoms with van der Waals surface area (Å²) in [6, 6.07) is 11.9. The van der Waals surface area contributed by atoms with E-state index in [1.54, 1.807) is 19.3 Å². The minimum absolute atomic E-state index is 0.116. The lowest BCUT2D eigenvalue weighted by molar-refractivity contribution is -0.121. The molecule has 1 saturated heterocycles. The van der Waals surface area contributed by atoms with Crippen molar-refractivity contribution < 1.29 is 14.3 Å². The van der Waals surface area contributed by atoms with Crippen LogP contribution in [0.5, 0.6) is 11.5 Å². The Bertz CT molecular complexity index is 986. The number of nitrogens with zero attached hydrogens (tertiary/aromatic N) is 1. The first-order valence-electron chi connectivity index (χ1n) is 8.85. The molecule has 1 heterocycles. The number of aryl methyl sites for hydroxylation is 1. The van der Waals surface area contributed by atoms with Crippen LogP contribution in [0, 0.1) is 6.92 Å². The highest BCUT2D eigenvalue weighted by Gasteiger charge is 2.31. The van der Waals surface area contributed by atoms with Crippen LogP contribution in [-0.4, -0.2) is 28.8 Å². The van der Waals surface area contributed by atoms with Gasteiger partial charge in [-0.1, -0.05) is 59.9 Å². The fourth-order valence-electron chi connectivity index (χ4n) is 2.74. The van der Waals surface area contributed by atoms with Crippen LogP contribution in [0.3, 0.4) is 0 Å². The van der Waals surface area contributed by atoms with E-state index in [1.165, 1.54) is 22.2 Å². The third kappa shape index (κ3) is 5.10. The van der Waals surface area contributed by atoms with Gasteiger partial charge < -0.3 is 9.47 Å². The number of methoxy groups -OCH3 is 1. The molecule has 1 aliphatic heterocycles. The van der Waals surface area contributed by atoms with Crippen molar-refractivity contribution in [2.45, 2.75) is 13.5 Å². The van der Waals surface area contributed by atoms with Crippen LogP contribution in [0.4, 0.5) is 0 Å². The van der Waals surface area contributed by atoms with Gasteiger partial charge in [-0.15, -0.1) is 6.58 Å². The first-order chi connectivity index (χ1) is 13.9. The van der Waals surface area contributed by atoms with Gasteiger partial charge in [0.2, 0.25) is 0 Å². The summed E-state index contributed by atoms with van der Waals surface area (Å²) in [5.74, 6) is 1.08. The van der Waals surface area contributed by atoms with Crippen LogP contribution in [0.25, 0.3) is 6.08 Å². The minimum atomic E-state index is -0.116. The normalized spacial score (nSPS) is 15.1. The molecule has 0 aliphatic carbocycles. The monoisotopic (exact) mass is 489 g/mol. The van der Waals surface area contributed by atoms with E-state index in [0.717, 1.165) is 15.6 Å². The Morgan fingerprint density at radius 2 is 2.00 bits per heavy atom. The standard InChI is InChI=1S/C22H20BrNO3S2/c1-4-9-24-21(25)19(29-22(24)28)12-16-10-17(23)20(18(11-16)26-3)27-13-15-7-5-14(2)6-8-15/h4-8,10-12H,1,9,13H2,2-3H3/b19-12-. The molecule has 2 aromatic rings. The van der Waals surface area contributed by atoms with Crippen LogP contribution in [0.15, 0.2) is 58.4 Å². The number of thioether (sulfide) groups is 1. The molecule has 3 rings (SSSR count). The lowest BCUT2D eigenvalue weighted by Gasteiger charge is -2.14. The maximum Gasteiger partial charge on any atom is 0.266 e. The lowest BCUT2D eigenvalue weighted by atomic mass is 10.1. The molecule has 1 amide bonds. The Morgan fingerprint density at radius 1 is 1.28 bits per heavy atom. The highest BCUT2D eigenvalue weighted by molar-refractivity contribution is 9.10. The number of thiocarbonyl (C=S) groups is 1. The van der Waals surface area contributed by atoms with E-state index in [-0.39, 0.29) is 5.91 Å². The average Bonchev–Trinajstić information content (AvgIpc) is 2.96. The molecule has 29 heavy (non-hydrogen) atoms. The highest BCUT2D eigenvalue weighted by atomic mass is 79.9. The molecule has 0 aromatic heterocycles. The Kier molecular flexibility index (Phi) is 7.16. The van der Waals surface area contributed by atoms with E-state index in [1.807, 2.05) is 31.2 Å². The summed E-state index contributed by atoms with van der Waals surface area (Å²) in [6.45, 7) is 6.55. The summed E-state index contributed by atoms with van der Waals surface area (Å²) in [7, 11) is 1.59. The zero-order valence-corrected chi connectivity index (χ0v) is 19.3. The molecule has 0 unspecified atom stereocenters. The van der Waals surface area contributed by atoms with Crippen molar-refractivity contribution in [1.29, 1.82) is 0 Å². The van der Waals surface area contributed by atoms with Gasteiger partial charge in [0.25, 0.3) is 5.91 Å². The summed E-state index contributed by atoms with van der Waals surface area (Å²) in [4.78, 5) is 14.6. The van der Waals surface area contributed by atoms with Gasteiger partial charge in [0.15, 0.2) is 11.5 Å². The van der Waals surface area contributed by atoms with Gasteiger partial charge in [-0.05, 0) is 52.2 Å². The number of ether oxygens (including phenoxy) is 2. The van der Waals surface area contributed by atoms with Crippen molar-refractivity contribution in [1.82, 2.24) is 4.90 Å². The molecule has 0 bridgehead atoms. The van der Waals surface area contributed by atoms with Gasteiger partial charge in [0.05, 0.1) is 16.5 Å². The van der Waals surface area contributed by atoms with Crippen LogP contribution >= 0.6 is 39.9 Å². The molecule has 0 N–H and O–H groups in total. The van der Waals surface area contributed by atoms with Gasteiger partial charge >= 0.3 is 0 Å². The number of hydrogen-bond acceptors (Lipinski definition) is 5. The fourth-order valence-corrected chi connectivity index (χ4v) is 4.59. The second kappa shape index (κ2) is 9.61. The average molecular weight is 490 g/mol. The molecule has 1 fully saturated rings. The van der Waals surface area contributed by atoms with E-state index in [4.69, 9.17) is 21.7 Å². The summed E-state index contributed by atoms with van der Waals surface area (Å²) in [6.07, 6.45) is 3.47. The number of rotatable bonds is 7. The largest absolute Gasteiger partial charge is 0.493 e. The summed E-state index contributed by atoms with van der Waals surface area (Å²) >= 11 is 10.1. The maximum absolute atomic E-state index is 12.5. The summed E-state index contributed by atoms with van der Waals surface area (Å²) in [5, 5.41) is 0. The number of benzene rings is 2. The Labute approximate surface area is 188 Å². The molecular formula is C22H20BrNO3S2. The molecular weight excluding hydrogens is 470 g/mol. The first-order valence-corrected chi connectivity index (χ1v) is 10.9. The van der Waals surface area contributed by atoms with Gasteiger partial charge in [-0.2, -0.15) is 0 Å². The van der Waals surface area contributed by atoms with Gasteiger partial charge in [-0.3, -0.25) is 9.69 Å². The van der Waals surface area contributed by atoms with Crippen LogP contribution in [0.2, 0.25) is 0 Å². The fraction of sp³-hybridized carbons (Fsp3) is 0.182. The van der Waals surface area contributed by atoms with Gasteiger partial charge in [0, 0.05) is 6.54 Å². The van der Waals surface area contributed by atoms with E-state index in [2.05, 4.69) is 34.6 Å². The molecule has 7 heteroatoms. The number of amides is 1. The van der Waals surface area contributed by atoms with Crippen molar-refractivity contribution in [2.75, 3.05) is 13.7 Å². The second-order valence-corrected chi connectivity index (χ2v) is 8.92. The number of carbonyl (C=O) groups excluding carboxylic acids is 1. The minimum Gasteiger partial charge on any atom is -0.493 e. The van der Waals surface area contributed by atoms with Gasteiger partial charge in [-0.25, -0.2) is 0 Å². The molecule has 0 atom stereocenters. The quantitative estimate of drug-likeness (QED) is 0.282. The Hall–Kier alpha value is -2.09. The van der Waals surface area contributed by atoms with Crippen LogP contribution in [0.1, 0.15) is 16.7 Å². The van der Waals surface area contributed by atoms with Crippen molar-refractivity contribution >= 4 is 56.2 Å². The third-order valence-corrected chi connectivity index (χ3v) is 6.21. The molecule has 0 spiro atoms. The van der Waals surface area contributed by atoms with E-state index >= 15 is 0 Å². The second-order valence-electron chi connectivity index (χ2n) is 6.39. The van der Waals surface area contributed by atoms with E-state index < -0.39 is 0 Å². The number of hydrogen-bond donors (Lipinski definition) is 0. The maximum atomic E-state index is 12.5. The molecule has 0 saturated carbocycles. The van der Waals surface area contributed by atoms with E-state index in [9.17, 15) is 4.79 Å². The van der Waals surface area contributed by atoms with Crippen molar-refractivity contribution in [3.63, 3.8) is 0 Å². The van der Waals surface area contributed by atoms with Crippen LogP contribution in [-0.2, 0) is 11.4 Å². The number of halogens is 1. The van der Waals surface area contributed by atoms with Crippen molar-refractivity contribution in [3.05, 3.63) is 75.1 Å². The third-order valence-electron chi connectivity index (χ3n) is 4.24. The zero-order valence-electron chi connectivity index (χ0n) is 16.1. The van der Waals surface area contributed by atoms with Crippen LogP contribution < -0.4 is 9.47 Å². The molecule has 150 valence electrons. The van der Waals surface area contributed by atoms with Crippen molar-refractivity contribution in [2.24, 2.45) is 0 Å². The SMILES string of the molecule is C=CCN1C(=O)/C(=C/c2cc(Br)c(OCc3ccc(C)cc3)c(OC)c2)SC1=S. The summed E-state index contributed by atoms with van der Waals surface area (Å²) in [5.41, 5.74) is 3.09. The molecule has 0 radical (unpaired) electrons. The van der Waals surface area contributed by atoms with Gasteiger partial charge in [0.1, 0.15) is 10.9 Å². The topological polar surface area (TPSA) is 38.8 Å². The Morgan fingerprint density at radius 3 is 2.66 bits per heavy atom. The zero-order chi connectivity index (χ0) is 21.0. The Balaban J connectivity index is 1.83. The molecule has 1 aliphatic rings. The summed E-state index contributed by atoms with van der Waals surface area (Å²) < 4.78 is 12.8. The smallest absolute Gasteiger partial charge is 0.266 e. The molecule has 4 nitrogen and oxygen atoms in total. The molecule has 2 aromatic carbocycles. The highest BCUT2D eigenvalue weighted by Crippen LogP contribution is 2.39.